The van der Waals surface area contributed by atoms with Crippen molar-refractivity contribution in [3.8, 4) is 0 Å². The van der Waals surface area contributed by atoms with Gasteiger partial charge in [-0.05, 0) is 31.5 Å². The predicted molar refractivity (Wildman–Crippen MR) is 80.4 cm³/mol. The first-order chi connectivity index (χ1) is 9.51. The number of hydrogen-bond acceptors (Lipinski definition) is 5. The molecule has 0 aliphatic rings. The summed E-state index contributed by atoms with van der Waals surface area (Å²) in [4.78, 5) is 11.1. The maximum atomic E-state index is 11.4. The molecule has 1 rings (SSSR count). The number of carbonyl (C=O) groups excluding carboxylic acids is 1. The van der Waals surface area contributed by atoms with E-state index in [0.717, 1.165) is 6.26 Å². The molecule has 118 valence electrons. The lowest BCUT2D eigenvalue weighted by molar-refractivity contribution is -0.119. The lowest BCUT2D eigenvalue weighted by Crippen LogP contribution is -2.44. The van der Waals surface area contributed by atoms with Crippen LogP contribution in [0.3, 0.4) is 0 Å². The summed E-state index contributed by atoms with van der Waals surface area (Å²) in [5.41, 5.74) is 5.24. The van der Waals surface area contributed by atoms with E-state index in [-0.39, 0.29) is 17.9 Å². The van der Waals surface area contributed by atoms with E-state index in [4.69, 9.17) is 5.73 Å². The summed E-state index contributed by atoms with van der Waals surface area (Å²) in [6.07, 6.45) is 0.491. The van der Waals surface area contributed by atoms with Gasteiger partial charge in [-0.15, -0.1) is 0 Å². The van der Waals surface area contributed by atoms with Crippen LogP contribution in [-0.2, 0) is 14.6 Å². The lowest BCUT2D eigenvalue weighted by Gasteiger charge is -2.26. The summed E-state index contributed by atoms with van der Waals surface area (Å²) in [6.45, 7) is 3.87. The average molecular weight is 314 g/mol. The Labute approximate surface area is 125 Å². The van der Waals surface area contributed by atoms with Crippen LogP contribution in [0.4, 0.5) is 0 Å². The number of hydrogen-bond donors (Lipinski definition) is 3. The Hall–Kier alpha value is -1.44. The zero-order valence-corrected chi connectivity index (χ0v) is 13.3. The van der Waals surface area contributed by atoms with Gasteiger partial charge in [0, 0.05) is 24.8 Å². The molecule has 1 aromatic rings. The number of amides is 1. The van der Waals surface area contributed by atoms with Gasteiger partial charge >= 0.3 is 0 Å². The fraction of sp³-hybridized carbons (Fsp3) is 0.500. The molecular weight excluding hydrogens is 292 g/mol. The van der Waals surface area contributed by atoms with Crippen molar-refractivity contribution in [2.45, 2.75) is 36.8 Å². The summed E-state index contributed by atoms with van der Waals surface area (Å²) in [5, 5.41) is 13.1. The number of sulfone groups is 1. The van der Waals surface area contributed by atoms with Gasteiger partial charge in [0.1, 0.15) is 0 Å². The molecule has 6 nitrogen and oxygen atoms in total. The first-order valence-electron chi connectivity index (χ1n) is 6.53. The van der Waals surface area contributed by atoms with Crippen LogP contribution >= 0.6 is 0 Å². The number of nitrogens with one attached hydrogen (secondary N) is 1. The number of rotatable bonds is 7. The van der Waals surface area contributed by atoms with Crippen molar-refractivity contribution in [2.75, 3.05) is 12.8 Å². The molecule has 0 aliphatic heterocycles. The summed E-state index contributed by atoms with van der Waals surface area (Å²) in [7, 11) is -3.24. The van der Waals surface area contributed by atoms with Crippen LogP contribution in [0.15, 0.2) is 29.2 Å². The van der Waals surface area contributed by atoms with Crippen molar-refractivity contribution < 1.29 is 18.3 Å². The molecule has 0 radical (unpaired) electrons. The van der Waals surface area contributed by atoms with Crippen molar-refractivity contribution in [1.82, 2.24) is 5.32 Å². The number of primary amides is 1. The van der Waals surface area contributed by atoms with E-state index in [9.17, 15) is 18.3 Å². The van der Waals surface area contributed by atoms with Gasteiger partial charge in [0.2, 0.25) is 5.91 Å². The molecule has 1 atom stereocenters. The van der Waals surface area contributed by atoms with Gasteiger partial charge in [-0.2, -0.15) is 0 Å². The molecule has 0 spiro atoms. The molecule has 0 heterocycles. The second kappa shape index (κ2) is 6.55. The van der Waals surface area contributed by atoms with E-state index in [1.165, 1.54) is 12.1 Å². The molecule has 0 bridgehead atoms. The largest absolute Gasteiger partial charge is 0.387 e. The second-order valence-electron chi connectivity index (χ2n) is 5.76. The monoisotopic (exact) mass is 314 g/mol. The van der Waals surface area contributed by atoms with Crippen molar-refractivity contribution >= 4 is 15.7 Å². The summed E-state index contributed by atoms with van der Waals surface area (Å²) in [5.74, 6) is -0.417. The standard InChI is InChI=1S/C14H22N2O4S/c1-14(2,8-13(15)18)16-9-12(17)10-4-6-11(7-5-10)21(3,19)20/h4-7,12,16-17H,8-9H2,1-3H3,(H2,15,18). The van der Waals surface area contributed by atoms with Crippen LogP contribution in [0.2, 0.25) is 0 Å². The lowest BCUT2D eigenvalue weighted by atomic mass is 9.99. The normalized spacial score (nSPS) is 13.9. The zero-order chi connectivity index (χ0) is 16.3. The highest BCUT2D eigenvalue weighted by atomic mass is 32.2. The van der Waals surface area contributed by atoms with Crippen molar-refractivity contribution in [3.05, 3.63) is 29.8 Å². The van der Waals surface area contributed by atoms with Gasteiger partial charge in [-0.1, -0.05) is 12.1 Å². The molecule has 1 unspecified atom stereocenters. The minimum absolute atomic E-state index is 0.159. The third-order valence-corrected chi connectivity index (χ3v) is 4.21. The first kappa shape index (κ1) is 17.6. The highest BCUT2D eigenvalue weighted by Crippen LogP contribution is 2.17. The maximum Gasteiger partial charge on any atom is 0.219 e. The number of aliphatic hydroxyl groups excluding tert-OH is 1. The van der Waals surface area contributed by atoms with E-state index in [1.807, 2.05) is 13.8 Å². The van der Waals surface area contributed by atoms with Crippen molar-refractivity contribution in [1.29, 1.82) is 0 Å². The molecule has 7 heteroatoms. The predicted octanol–water partition coefficient (Wildman–Crippen LogP) is 0.367. The maximum absolute atomic E-state index is 11.4. The average Bonchev–Trinajstić information content (AvgIpc) is 2.33. The molecular formula is C14H22N2O4S. The van der Waals surface area contributed by atoms with Crippen LogP contribution in [-0.4, -0.2) is 37.8 Å². The van der Waals surface area contributed by atoms with E-state index in [1.54, 1.807) is 12.1 Å². The fourth-order valence-electron chi connectivity index (χ4n) is 1.93. The smallest absolute Gasteiger partial charge is 0.219 e. The molecule has 21 heavy (non-hydrogen) atoms. The molecule has 0 saturated heterocycles. The van der Waals surface area contributed by atoms with Crippen molar-refractivity contribution in [2.24, 2.45) is 5.73 Å². The number of β-amino-alcohol motifs (C(OH)–C–C–N with tert-alkyl or cyclic N) is 1. The number of nitrogens with two attached hydrogens (primary N) is 1. The highest BCUT2D eigenvalue weighted by molar-refractivity contribution is 7.90. The molecule has 0 saturated carbocycles. The van der Waals surface area contributed by atoms with E-state index >= 15 is 0 Å². The van der Waals surface area contributed by atoms with Gasteiger partial charge in [-0.3, -0.25) is 4.79 Å². The SMILES string of the molecule is CC(C)(CC(N)=O)NCC(O)c1ccc(S(C)(=O)=O)cc1. The molecule has 1 amide bonds. The topological polar surface area (TPSA) is 109 Å². The van der Waals surface area contributed by atoms with Crippen LogP contribution in [0.1, 0.15) is 31.9 Å². The fourth-order valence-corrected chi connectivity index (χ4v) is 2.56. The first-order valence-corrected chi connectivity index (χ1v) is 8.42. The third-order valence-electron chi connectivity index (χ3n) is 3.08. The van der Waals surface area contributed by atoms with Gasteiger partial charge in [0.05, 0.1) is 11.0 Å². The Morgan fingerprint density at radius 3 is 2.29 bits per heavy atom. The van der Waals surface area contributed by atoms with Gasteiger partial charge < -0.3 is 16.2 Å². The van der Waals surface area contributed by atoms with Gasteiger partial charge in [-0.25, -0.2) is 8.42 Å². The highest BCUT2D eigenvalue weighted by Gasteiger charge is 2.21. The zero-order valence-electron chi connectivity index (χ0n) is 12.5. The van der Waals surface area contributed by atoms with Gasteiger partial charge in [0.15, 0.2) is 9.84 Å². The summed E-state index contributed by atoms with van der Waals surface area (Å²) in [6, 6.07) is 6.07. The quantitative estimate of drug-likeness (QED) is 0.673. The Morgan fingerprint density at radius 1 is 1.33 bits per heavy atom. The summed E-state index contributed by atoms with van der Waals surface area (Å²) >= 11 is 0. The molecule has 4 N–H and O–H groups in total. The van der Waals surface area contributed by atoms with Crippen LogP contribution in [0, 0.1) is 0 Å². The van der Waals surface area contributed by atoms with Crippen molar-refractivity contribution in [3.63, 3.8) is 0 Å². The number of benzene rings is 1. The Kier molecular flexibility index (Phi) is 5.49. The second-order valence-corrected chi connectivity index (χ2v) is 7.78. The Bertz CT molecular complexity index is 594. The van der Waals surface area contributed by atoms with Crippen LogP contribution in [0.25, 0.3) is 0 Å². The third kappa shape index (κ3) is 5.82. The summed E-state index contributed by atoms with van der Waals surface area (Å²) < 4.78 is 22.7. The van der Waals surface area contributed by atoms with E-state index in [2.05, 4.69) is 5.32 Å². The molecule has 1 aromatic carbocycles. The van der Waals surface area contributed by atoms with Gasteiger partial charge in [0.25, 0.3) is 0 Å². The minimum Gasteiger partial charge on any atom is -0.387 e. The Morgan fingerprint density at radius 2 is 1.86 bits per heavy atom. The van der Waals surface area contributed by atoms with Crippen LogP contribution in [0.5, 0.6) is 0 Å². The molecule has 0 fully saturated rings. The van der Waals surface area contributed by atoms with E-state index < -0.39 is 27.4 Å². The molecule has 0 aromatic heterocycles. The van der Waals surface area contributed by atoms with Crippen LogP contribution < -0.4 is 11.1 Å². The molecule has 0 aliphatic carbocycles. The minimum atomic E-state index is -3.24. The number of carbonyl (C=O) groups is 1. The Balaban J connectivity index is 2.68. The van der Waals surface area contributed by atoms with E-state index in [0.29, 0.717) is 5.56 Å². The number of aliphatic hydroxyl groups is 1.